The number of methoxy groups -OCH3 is 2. The molecule has 0 bridgehead atoms. The fourth-order valence-corrected chi connectivity index (χ4v) is 2.83. The number of fused-ring (bicyclic) bond motifs is 1. The summed E-state index contributed by atoms with van der Waals surface area (Å²) in [7, 11) is 3.12. The predicted octanol–water partition coefficient (Wildman–Crippen LogP) is 4.49. The molecular weight excluding hydrogens is 344 g/mol. The van der Waals surface area contributed by atoms with E-state index in [9.17, 15) is 9.90 Å². The monoisotopic (exact) mass is 366 g/mol. The van der Waals surface area contributed by atoms with Gasteiger partial charge in [-0.05, 0) is 49.8 Å². The average Bonchev–Trinajstić information content (AvgIpc) is 2.64. The minimum absolute atomic E-state index is 0.109. The summed E-state index contributed by atoms with van der Waals surface area (Å²) in [4.78, 5) is 12.6. The molecule has 0 saturated carbocycles. The molecule has 0 atom stereocenters. The molecule has 0 aromatic heterocycles. The number of ether oxygens (including phenoxy) is 3. The van der Waals surface area contributed by atoms with Crippen molar-refractivity contribution < 1.29 is 24.1 Å². The fourth-order valence-electron chi connectivity index (χ4n) is 2.83. The second-order valence-corrected chi connectivity index (χ2v) is 6.76. The van der Waals surface area contributed by atoms with Gasteiger partial charge in [0.05, 0.1) is 19.8 Å². The summed E-state index contributed by atoms with van der Waals surface area (Å²) in [5.74, 6) is 1.34. The van der Waals surface area contributed by atoms with Gasteiger partial charge in [0.15, 0.2) is 17.3 Å². The van der Waals surface area contributed by atoms with Crippen molar-refractivity contribution in [3.63, 3.8) is 0 Å². The Balaban J connectivity index is 1.86. The highest BCUT2D eigenvalue weighted by atomic mass is 16.5. The van der Waals surface area contributed by atoms with Crippen LogP contribution in [0.15, 0.2) is 42.5 Å². The van der Waals surface area contributed by atoms with E-state index in [4.69, 9.17) is 14.2 Å². The largest absolute Gasteiger partial charge is 0.507 e. The summed E-state index contributed by atoms with van der Waals surface area (Å²) in [5, 5.41) is 10.3. The average molecular weight is 366 g/mol. The van der Waals surface area contributed by atoms with Crippen molar-refractivity contribution in [3.8, 4) is 23.0 Å². The lowest BCUT2D eigenvalue weighted by atomic mass is 9.98. The van der Waals surface area contributed by atoms with Gasteiger partial charge in [-0.1, -0.05) is 18.2 Å². The van der Waals surface area contributed by atoms with E-state index in [1.54, 1.807) is 38.5 Å². The molecule has 0 spiro atoms. The number of hydrogen-bond acceptors (Lipinski definition) is 5. The number of benzene rings is 2. The third kappa shape index (κ3) is 3.97. The van der Waals surface area contributed by atoms with Gasteiger partial charge in [-0.2, -0.15) is 0 Å². The molecule has 5 heteroatoms. The smallest absolute Gasteiger partial charge is 0.189 e. The molecule has 0 saturated heterocycles. The first-order valence-corrected chi connectivity index (χ1v) is 8.52. The Morgan fingerprint density at radius 3 is 2.56 bits per heavy atom. The predicted molar refractivity (Wildman–Crippen MR) is 105 cm³/mol. The van der Waals surface area contributed by atoms with Crippen LogP contribution in [0.3, 0.4) is 0 Å². The summed E-state index contributed by atoms with van der Waals surface area (Å²) < 4.78 is 16.3. The fraction of sp³-hybridized carbons (Fsp3) is 0.227. The van der Waals surface area contributed by atoms with Gasteiger partial charge in [0, 0.05) is 11.6 Å². The molecule has 2 aromatic rings. The first-order valence-electron chi connectivity index (χ1n) is 8.52. The first kappa shape index (κ1) is 18.6. The number of allylic oxidation sites excluding steroid dienone is 1. The third-order valence-electron chi connectivity index (χ3n) is 4.27. The van der Waals surface area contributed by atoms with Gasteiger partial charge >= 0.3 is 0 Å². The highest BCUT2D eigenvalue weighted by Gasteiger charge is 2.23. The molecule has 1 heterocycles. The van der Waals surface area contributed by atoms with Crippen molar-refractivity contribution in [2.75, 3.05) is 14.2 Å². The van der Waals surface area contributed by atoms with Crippen molar-refractivity contribution in [2.24, 2.45) is 0 Å². The van der Waals surface area contributed by atoms with E-state index < -0.39 is 5.60 Å². The van der Waals surface area contributed by atoms with E-state index in [1.807, 2.05) is 32.1 Å². The Morgan fingerprint density at radius 1 is 1.11 bits per heavy atom. The number of aromatic hydroxyl groups is 1. The second-order valence-electron chi connectivity index (χ2n) is 6.76. The van der Waals surface area contributed by atoms with Gasteiger partial charge in [-0.3, -0.25) is 4.79 Å². The highest BCUT2D eigenvalue weighted by Crippen LogP contribution is 2.36. The quantitative estimate of drug-likeness (QED) is 0.624. The third-order valence-corrected chi connectivity index (χ3v) is 4.27. The minimum Gasteiger partial charge on any atom is -0.507 e. The molecule has 1 N–H and O–H groups in total. The van der Waals surface area contributed by atoms with Crippen molar-refractivity contribution in [3.05, 3.63) is 59.2 Å². The Morgan fingerprint density at radius 2 is 1.85 bits per heavy atom. The number of ketones is 1. The van der Waals surface area contributed by atoms with Crippen LogP contribution in [0.25, 0.3) is 12.2 Å². The zero-order chi connectivity index (χ0) is 19.6. The number of carbonyl (C=O) groups is 1. The van der Waals surface area contributed by atoms with Crippen LogP contribution in [0, 0.1) is 0 Å². The Bertz CT molecular complexity index is 938. The maximum Gasteiger partial charge on any atom is 0.189 e. The van der Waals surface area contributed by atoms with Gasteiger partial charge in [0.1, 0.15) is 17.1 Å². The lowest BCUT2D eigenvalue weighted by molar-refractivity contribution is 0.104. The lowest BCUT2D eigenvalue weighted by Gasteiger charge is -2.28. The summed E-state index contributed by atoms with van der Waals surface area (Å²) >= 11 is 0. The minimum atomic E-state index is -0.446. The van der Waals surface area contributed by atoms with Crippen LogP contribution in [-0.2, 0) is 0 Å². The molecule has 1 aliphatic heterocycles. The van der Waals surface area contributed by atoms with Crippen LogP contribution in [0.1, 0.15) is 35.3 Å². The molecule has 0 unspecified atom stereocenters. The number of rotatable bonds is 5. The van der Waals surface area contributed by atoms with Gasteiger partial charge in [-0.15, -0.1) is 0 Å². The number of phenols is 1. The van der Waals surface area contributed by atoms with Crippen molar-refractivity contribution >= 4 is 17.9 Å². The number of phenolic OH excluding ortho intramolecular Hbond substituents is 1. The summed E-state index contributed by atoms with van der Waals surface area (Å²) in [6.45, 7) is 3.85. The van der Waals surface area contributed by atoms with E-state index in [2.05, 4.69) is 0 Å². The molecule has 2 aromatic carbocycles. The molecule has 0 fully saturated rings. The molecule has 3 rings (SSSR count). The van der Waals surface area contributed by atoms with Gasteiger partial charge in [-0.25, -0.2) is 0 Å². The maximum atomic E-state index is 12.6. The summed E-state index contributed by atoms with van der Waals surface area (Å²) in [5.41, 5.74) is 1.31. The van der Waals surface area contributed by atoms with Crippen LogP contribution < -0.4 is 14.2 Å². The zero-order valence-electron chi connectivity index (χ0n) is 15.8. The molecule has 5 nitrogen and oxygen atoms in total. The van der Waals surface area contributed by atoms with E-state index in [-0.39, 0.29) is 17.1 Å². The van der Waals surface area contributed by atoms with E-state index in [0.29, 0.717) is 17.2 Å². The standard InChI is InChI=1S/C22H22O5/c1-22(2)10-9-15-12-16(18(24)13-20(15)27-22)17(23)7-5-14-6-8-19(25-3)21(11-14)26-4/h5-13,24H,1-4H3/b7-5+. The molecule has 0 radical (unpaired) electrons. The molecule has 0 aliphatic carbocycles. The van der Waals surface area contributed by atoms with E-state index in [1.165, 1.54) is 12.1 Å². The molecule has 1 aliphatic rings. The van der Waals surface area contributed by atoms with Crippen LogP contribution in [0.4, 0.5) is 0 Å². The summed E-state index contributed by atoms with van der Waals surface area (Å²) in [6.07, 6.45) is 6.89. The van der Waals surface area contributed by atoms with Crippen LogP contribution >= 0.6 is 0 Å². The number of carbonyl (C=O) groups excluding carboxylic acids is 1. The topological polar surface area (TPSA) is 65.0 Å². The normalized spacial score (nSPS) is 14.5. The van der Waals surface area contributed by atoms with Gasteiger partial charge < -0.3 is 19.3 Å². The van der Waals surface area contributed by atoms with Gasteiger partial charge in [0.2, 0.25) is 0 Å². The van der Waals surface area contributed by atoms with Crippen LogP contribution in [-0.4, -0.2) is 30.7 Å². The molecule has 0 amide bonds. The maximum absolute atomic E-state index is 12.6. The first-order chi connectivity index (χ1) is 12.8. The van der Waals surface area contributed by atoms with E-state index in [0.717, 1.165) is 11.1 Å². The molecular formula is C22H22O5. The Hall–Kier alpha value is -3.21. The Labute approximate surface area is 158 Å². The van der Waals surface area contributed by atoms with Crippen molar-refractivity contribution in [1.29, 1.82) is 0 Å². The highest BCUT2D eigenvalue weighted by molar-refractivity contribution is 6.09. The Kier molecular flexibility index (Phi) is 4.95. The van der Waals surface area contributed by atoms with Crippen LogP contribution in [0.2, 0.25) is 0 Å². The molecule has 140 valence electrons. The lowest BCUT2D eigenvalue weighted by Crippen LogP contribution is -2.27. The second kappa shape index (κ2) is 7.19. The van der Waals surface area contributed by atoms with E-state index >= 15 is 0 Å². The zero-order valence-corrected chi connectivity index (χ0v) is 15.8. The van der Waals surface area contributed by atoms with Crippen molar-refractivity contribution in [2.45, 2.75) is 19.4 Å². The van der Waals surface area contributed by atoms with Crippen molar-refractivity contribution in [1.82, 2.24) is 0 Å². The summed E-state index contributed by atoms with van der Waals surface area (Å²) in [6, 6.07) is 8.48. The SMILES string of the molecule is COc1ccc(/C=C/C(=O)c2cc3c(cc2O)OC(C)(C)C=C3)cc1OC. The van der Waals surface area contributed by atoms with Gasteiger partial charge in [0.25, 0.3) is 0 Å². The van der Waals surface area contributed by atoms with Crippen LogP contribution in [0.5, 0.6) is 23.0 Å². The number of hydrogen-bond donors (Lipinski definition) is 1. The molecule has 27 heavy (non-hydrogen) atoms.